The maximum atomic E-state index is 11.9. The number of hydrogen-bond acceptors (Lipinski definition) is 5. The number of unbranched alkanes of at least 4 members (excludes halogenated alkanes) is 3. The normalized spacial score (nSPS) is 15.5. The summed E-state index contributed by atoms with van der Waals surface area (Å²) in [6.07, 6.45) is 1.77. The Morgan fingerprint density at radius 1 is 1.14 bits per heavy atom. The summed E-state index contributed by atoms with van der Waals surface area (Å²) >= 11 is 5.87. The van der Waals surface area contributed by atoms with Gasteiger partial charge in [-0.3, -0.25) is 9.59 Å². The van der Waals surface area contributed by atoms with Gasteiger partial charge in [-0.05, 0) is 31.0 Å². The van der Waals surface area contributed by atoms with Crippen molar-refractivity contribution in [1.82, 2.24) is 0 Å². The molecule has 0 spiro atoms. The number of aliphatic hydroxyl groups excluding tert-OH is 1. The summed E-state index contributed by atoms with van der Waals surface area (Å²) in [5, 5.41) is 40.6. The topological polar surface area (TPSA) is 132 Å². The first-order chi connectivity index (χ1) is 13.0. The third-order valence-corrected chi connectivity index (χ3v) is 4.97. The number of carboxylic acid groups (broad SMARTS) is 2. The van der Waals surface area contributed by atoms with Crippen LogP contribution in [0.15, 0.2) is 18.2 Å². The monoisotopic (exact) mass is 414 g/mol. The van der Waals surface area contributed by atoms with Gasteiger partial charge in [-0.1, -0.05) is 50.3 Å². The first kappa shape index (κ1) is 24.1. The van der Waals surface area contributed by atoms with Gasteiger partial charge in [0.05, 0.1) is 6.10 Å². The number of Topliss-reactive ketones (excluding diaryl/α,β-unsaturated/α-hetero) is 1. The molecule has 0 amide bonds. The molecule has 4 N–H and O–H groups in total. The second-order valence-corrected chi connectivity index (χ2v) is 7.43. The highest BCUT2D eigenvalue weighted by Gasteiger charge is 2.51. The number of ketones is 1. The summed E-state index contributed by atoms with van der Waals surface area (Å²) in [6, 6.07) is 3.78. The summed E-state index contributed by atoms with van der Waals surface area (Å²) in [4.78, 5) is 35.7. The van der Waals surface area contributed by atoms with E-state index in [9.17, 15) is 34.8 Å². The van der Waals surface area contributed by atoms with Crippen LogP contribution < -0.4 is 0 Å². The molecule has 28 heavy (non-hydrogen) atoms. The first-order valence-corrected chi connectivity index (χ1v) is 9.59. The minimum Gasteiger partial charge on any atom is -0.481 e. The van der Waals surface area contributed by atoms with Crippen LogP contribution in [-0.4, -0.2) is 49.9 Å². The van der Waals surface area contributed by atoms with Gasteiger partial charge in [0.1, 0.15) is 5.92 Å². The molecular weight excluding hydrogens is 388 g/mol. The van der Waals surface area contributed by atoms with Crippen LogP contribution in [0.5, 0.6) is 0 Å². The number of carboxylic acids is 2. The molecule has 0 aromatic heterocycles. The molecule has 0 fully saturated rings. The lowest BCUT2D eigenvalue weighted by molar-refractivity contribution is -0.172. The van der Waals surface area contributed by atoms with Gasteiger partial charge in [0, 0.05) is 17.0 Å². The van der Waals surface area contributed by atoms with E-state index in [2.05, 4.69) is 0 Å². The third kappa shape index (κ3) is 6.02. The number of benzene rings is 1. The van der Waals surface area contributed by atoms with Crippen molar-refractivity contribution in [2.24, 2.45) is 0 Å². The number of carbonyl (C=O) groups excluding carboxylic acids is 1. The van der Waals surface area contributed by atoms with Gasteiger partial charge in [0.2, 0.25) is 0 Å². The van der Waals surface area contributed by atoms with E-state index in [1.165, 1.54) is 25.1 Å². The molecule has 156 valence electrons. The predicted octanol–water partition coefficient (Wildman–Crippen LogP) is 3.25. The van der Waals surface area contributed by atoms with Crippen molar-refractivity contribution in [3.05, 3.63) is 34.3 Å². The highest BCUT2D eigenvalue weighted by Crippen LogP contribution is 2.37. The quantitative estimate of drug-likeness (QED) is 0.305. The fraction of sp³-hybridized carbons (Fsp3) is 0.550. The highest BCUT2D eigenvalue weighted by atomic mass is 35.5. The predicted molar refractivity (Wildman–Crippen MR) is 104 cm³/mol. The van der Waals surface area contributed by atoms with Gasteiger partial charge in [-0.15, -0.1) is 0 Å². The molecule has 3 unspecified atom stereocenters. The Morgan fingerprint density at radius 3 is 2.29 bits per heavy atom. The Kier molecular flexibility index (Phi) is 9.07. The molecule has 0 aliphatic carbocycles. The summed E-state index contributed by atoms with van der Waals surface area (Å²) < 4.78 is 0. The van der Waals surface area contributed by atoms with E-state index >= 15 is 0 Å². The first-order valence-electron chi connectivity index (χ1n) is 9.21. The van der Waals surface area contributed by atoms with Gasteiger partial charge in [0.15, 0.2) is 11.4 Å². The highest BCUT2D eigenvalue weighted by molar-refractivity contribution is 6.31. The number of aliphatic carboxylic acids is 2. The zero-order valence-electron chi connectivity index (χ0n) is 16.0. The van der Waals surface area contributed by atoms with Crippen LogP contribution in [0.3, 0.4) is 0 Å². The van der Waals surface area contributed by atoms with Crippen molar-refractivity contribution < 1.29 is 34.8 Å². The summed E-state index contributed by atoms with van der Waals surface area (Å²) in [5.74, 6) is -5.87. The van der Waals surface area contributed by atoms with Crippen LogP contribution in [0.4, 0.5) is 0 Å². The number of rotatable bonds is 12. The van der Waals surface area contributed by atoms with Crippen LogP contribution in [0.25, 0.3) is 0 Å². The van der Waals surface area contributed by atoms with E-state index < -0.39 is 41.8 Å². The zero-order valence-corrected chi connectivity index (χ0v) is 16.8. The van der Waals surface area contributed by atoms with Crippen LogP contribution in [0.2, 0.25) is 5.02 Å². The molecule has 0 aliphatic rings. The molecule has 0 saturated heterocycles. The molecule has 8 heteroatoms. The Bertz CT molecular complexity index is 719. The van der Waals surface area contributed by atoms with Gasteiger partial charge >= 0.3 is 11.9 Å². The van der Waals surface area contributed by atoms with E-state index in [0.29, 0.717) is 6.42 Å². The molecule has 1 aromatic carbocycles. The summed E-state index contributed by atoms with van der Waals surface area (Å²) in [7, 11) is 0. The average Bonchev–Trinajstić information content (AvgIpc) is 2.59. The second-order valence-electron chi connectivity index (χ2n) is 7.00. The lowest BCUT2D eigenvalue weighted by Crippen LogP contribution is -2.50. The summed E-state index contributed by atoms with van der Waals surface area (Å²) in [5.41, 5.74) is -3.04. The van der Waals surface area contributed by atoms with Gasteiger partial charge in [0.25, 0.3) is 0 Å². The number of aliphatic hydroxyl groups is 2. The van der Waals surface area contributed by atoms with Crippen LogP contribution in [0, 0.1) is 0 Å². The summed E-state index contributed by atoms with van der Waals surface area (Å²) in [6.45, 7) is 3.21. The van der Waals surface area contributed by atoms with E-state index in [1.54, 1.807) is 0 Å². The lowest BCUT2D eigenvalue weighted by Gasteiger charge is -2.32. The minimum absolute atomic E-state index is 0.0861. The number of carbonyl (C=O) groups is 3. The zero-order chi connectivity index (χ0) is 21.5. The SMILES string of the molecule is CCCCCCC(O)CC(O)(C(=O)O)C(C(=O)O)c1ccc(Cl)cc1C(C)=O. The maximum Gasteiger partial charge on any atom is 0.337 e. The van der Waals surface area contributed by atoms with Crippen molar-refractivity contribution in [2.75, 3.05) is 0 Å². The molecule has 1 aromatic rings. The van der Waals surface area contributed by atoms with E-state index in [-0.39, 0.29) is 22.6 Å². The van der Waals surface area contributed by atoms with Crippen molar-refractivity contribution >= 4 is 29.3 Å². The standard InChI is InChI=1S/C20H27ClO7/c1-3-4-5-6-7-14(23)11-20(28,19(26)27)17(18(24)25)15-9-8-13(21)10-16(15)12(2)22/h8-10,14,17,23,28H,3-7,11H2,1-2H3,(H,24,25)(H,26,27). The fourth-order valence-electron chi connectivity index (χ4n) is 3.28. The Hall–Kier alpha value is -1.96. The third-order valence-electron chi connectivity index (χ3n) is 4.74. The Labute approximate surface area is 169 Å². The smallest absolute Gasteiger partial charge is 0.337 e. The maximum absolute atomic E-state index is 11.9. The lowest BCUT2D eigenvalue weighted by atomic mass is 9.76. The van der Waals surface area contributed by atoms with Crippen molar-refractivity contribution in [3.63, 3.8) is 0 Å². The largest absolute Gasteiger partial charge is 0.481 e. The Balaban J connectivity index is 3.29. The van der Waals surface area contributed by atoms with Crippen LogP contribution in [-0.2, 0) is 9.59 Å². The van der Waals surface area contributed by atoms with E-state index in [4.69, 9.17) is 11.6 Å². The van der Waals surface area contributed by atoms with E-state index in [0.717, 1.165) is 19.3 Å². The molecule has 0 heterocycles. The molecule has 0 aliphatic heterocycles. The van der Waals surface area contributed by atoms with Crippen molar-refractivity contribution in [1.29, 1.82) is 0 Å². The molecule has 0 bridgehead atoms. The molecule has 1 rings (SSSR count). The van der Waals surface area contributed by atoms with Crippen molar-refractivity contribution in [3.8, 4) is 0 Å². The Morgan fingerprint density at radius 2 is 1.79 bits per heavy atom. The van der Waals surface area contributed by atoms with Gasteiger partial charge in [-0.25, -0.2) is 4.79 Å². The van der Waals surface area contributed by atoms with Gasteiger partial charge < -0.3 is 20.4 Å². The molecular formula is C20H27ClO7. The minimum atomic E-state index is -2.80. The van der Waals surface area contributed by atoms with Gasteiger partial charge in [-0.2, -0.15) is 0 Å². The molecule has 3 atom stereocenters. The molecule has 0 radical (unpaired) electrons. The fourth-order valence-corrected chi connectivity index (χ4v) is 3.45. The molecule has 0 saturated carbocycles. The van der Waals surface area contributed by atoms with Crippen LogP contribution >= 0.6 is 11.6 Å². The van der Waals surface area contributed by atoms with Crippen molar-refractivity contribution in [2.45, 2.75) is 70.0 Å². The molecule has 7 nitrogen and oxygen atoms in total. The average molecular weight is 415 g/mol. The number of hydrogen-bond donors (Lipinski definition) is 4. The second kappa shape index (κ2) is 10.5. The van der Waals surface area contributed by atoms with Crippen LogP contribution in [0.1, 0.15) is 74.2 Å². The van der Waals surface area contributed by atoms with E-state index in [1.807, 2.05) is 6.92 Å². The number of halogens is 1.